The average molecular weight is 307 g/mol. The van der Waals surface area contributed by atoms with Gasteiger partial charge in [-0.1, -0.05) is 6.07 Å². The number of thiophene rings is 1. The monoisotopic (exact) mass is 307 g/mol. The standard InChI is InChI=1S/C14H17N3OS2/c1-17(2)13-6-5-11(8-15-13)16-14(18)10-19-9-12-4-3-7-20-12/h3-8H,9-10H2,1-2H3,(H,16,18). The lowest BCUT2D eigenvalue weighted by atomic mass is 10.4. The van der Waals surface area contributed by atoms with Crippen LogP contribution in [0.4, 0.5) is 11.5 Å². The van der Waals surface area contributed by atoms with Crippen molar-refractivity contribution in [1.82, 2.24) is 4.98 Å². The third-order valence-electron chi connectivity index (χ3n) is 2.55. The largest absolute Gasteiger partial charge is 0.363 e. The molecule has 0 bridgehead atoms. The van der Waals surface area contributed by atoms with Gasteiger partial charge in [-0.25, -0.2) is 4.98 Å². The van der Waals surface area contributed by atoms with Crippen molar-refractivity contribution < 1.29 is 4.79 Å². The highest BCUT2D eigenvalue weighted by Crippen LogP contribution is 2.17. The summed E-state index contributed by atoms with van der Waals surface area (Å²) in [5, 5.41) is 4.90. The molecule has 2 aromatic rings. The van der Waals surface area contributed by atoms with Crippen LogP contribution in [-0.4, -0.2) is 30.7 Å². The van der Waals surface area contributed by atoms with Crippen molar-refractivity contribution in [1.29, 1.82) is 0 Å². The Kier molecular flexibility index (Phi) is 5.43. The van der Waals surface area contributed by atoms with E-state index in [2.05, 4.69) is 16.4 Å². The number of amides is 1. The second kappa shape index (κ2) is 7.31. The van der Waals surface area contributed by atoms with Crippen LogP contribution in [0.15, 0.2) is 35.8 Å². The minimum absolute atomic E-state index is 0.00552. The molecule has 2 heterocycles. The predicted octanol–water partition coefficient (Wildman–Crippen LogP) is 3.08. The van der Waals surface area contributed by atoms with E-state index in [0.717, 1.165) is 17.3 Å². The first-order valence-corrected chi connectivity index (χ1v) is 8.22. The van der Waals surface area contributed by atoms with Crippen LogP contribution < -0.4 is 10.2 Å². The average Bonchev–Trinajstić information content (AvgIpc) is 2.92. The highest BCUT2D eigenvalue weighted by atomic mass is 32.2. The van der Waals surface area contributed by atoms with Gasteiger partial charge in [0.15, 0.2) is 0 Å². The zero-order valence-electron chi connectivity index (χ0n) is 11.5. The van der Waals surface area contributed by atoms with Gasteiger partial charge >= 0.3 is 0 Å². The molecule has 6 heteroatoms. The minimum Gasteiger partial charge on any atom is -0.363 e. The number of thioether (sulfide) groups is 1. The van der Waals surface area contributed by atoms with Crippen molar-refractivity contribution in [3.8, 4) is 0 Å². The normalized spacial score (nSPS) is 10.3. The third-order valence-corrected chi connectivity index (χ3v) is 4.59. The molecule has 0 aliphatic carbocycles. The second-order valence-corrected chi connectivity index (χ2v) is 6.44. The van der Waals surface area contributed by atoms with Crippen LogP contribution in [0.1, 0.15) is 4.88 Å². The molecule has 0 aliphatic heterocycles. The maximum absolute atomic E-state index is 11.8. The number of rotatable bonds is 6. The Labute approximate surface area is 127 Å². The summed E-state index contributed by atoms with van der Waals surface area (Å²) in [6, 6.07) is 7.86. The molecule has 0 fully saturated rings. The quantitative estimate of drug-likeness (QED) is 0.891. The van der Waals surface area contributed by atoms with Gasteiger partial charge in [0.05, 0.1) is 17.6 Å². The van der Waals surface area contributed by atoms with Crippen LogP contribution in [0.25, 0.3) is 0 Å². The maximum Gasteiger partial charge on any atom is 0.234 e. The molecule has 20 heavy (non-hydrogen) atoms. The van der Waals surface area contributed by atoms with Gasteiger partial charge in [0, 0.05) is 24.7 Å². The summed E-state index contributed by atoms with van der Waals surface area (Å²) in [6.45, 7) is 0. The van der Waals surface area contributed by atoms with E-state index in [-0.39, 0.29) is 5.91 Å². The summed E-state index contributed by atoms with van der Waals surface area (Å²) < 4.78 is 0. The van der Waals surface area contributed by atoms with Crippen LogP contribution in [-0.2, 0) is 10.5 Å². The Bertz CT molecular complexity index is 538. The van der Waals surface area contributed by atoms with Gasteiger partial charge in [0.2, 0.25) is 5.91 Å². The third kappa shape index (κ3) is 4.54. The first kappa shape index (κ1) is 14.9. The van der Waals surface area contributed by atoms with Gasteiger partial charge in [0.1, 0.15) is 5.82 Å². The fourth-order valence-corrected chi connectivity index (χ4v) is 3.23. The molecule has 1 N–H and O–H groups in total. The Morgan fingerprint density at radius 3 is 2.85 bits per heavy atom. The molecular formula is C14H17N3OS2. The molecule has 2 rings (SSSR count). The summed E-state index contributed by atoms with van der Waals surface area (Å²) in [4.78, 5) is 19.3. The molecule has 0 atom stereocenters. The molecule has 0 saturated heterocycles. The number of nitrogens with one attached hydrogen (secondary N) is 1. The Morgan fingerprint density at radius 2 is 2.25 bits per heavy atom. The van der Waals surface area contributed by atoms with E-state index >= 15 is 0 Å². The lowest BCUT2D eigenvalue weighted by Gasteiger charge is -2.11. The smallest absolute Gasteiger partial charge is 0.234 e. The van der Waals surface area contributed by atoms with Gasteiger partial charge in [-0.2, -0.15) is 0 Å². The number of pyridine rings is 1. The van der Waals surface area contributed by atoms with Gasteiger partial charge in [-0.05, 0) is 23.6 Å². The molecule has 2 aromatic heterocycles. The molecule has 0 spiro atoms. The fourth-order valence-electron chi connectivity index (χ4n) is 1.56. The fraction of sp³-hybridized carbons (Fsp3) is 0.286. The van der Waals surface area contributed by atoms with Crippen molar-refractivity contribution in [2.24, 2.45) is 0 Å². The molecular weight excluding hydrogens is 290 g/mol. The number of aromatic nitrogens is 1. The SMILES string of the molecule is CN(C)c1ccc(NC(=O)CSCc2cccs2)cn1. The summed E-state index contributed by atoms with van der Waals surface area (Å²) in [6.07, 6.45) is 1.68. The van der Waals surface area contributed by atoms with Gasteiger partial charge < -0.3 is 10.2 Å². The van der Waals surface area contributed by atoms with E-state index in [1.54, 1.807) is 29.3 Å². The van der Waals surface area contributed by atoms with Crippen LogP contribution in [0.5, 0.6) is 0 Å². The van der Waals surface area contributed by atoms with Crippen LogP contribution in [0, 0.1) is 0 Å². The lowest BCUT2D eigenvalue weighted by Crippen LogP contribution is -2.15. The van der Waals surface area contributed by atoms with Crippen molar-refractivity contribution >= 4 is 40.5 Å². The molecule has 106 valence electrons. The first-order valence-electron chi connectivity index (χ1n) is 6.18. The zero-order valence-corrected chi connectivity index (χ0v) is 13.1. The molecule has 1 amide bonds. The van der Waals surface area contributed by atoms with Crippen molar-refractivity contribution in [3.05, 3.63) is 40.7 Å². The summed E-state index contributed by atoms with van der Waals surface area (Å²) in [5.41, 5.74) is 0.734. The number of nitrogens with zero attached hydrogens (tertiary/aromatic N) is 2. The number of hydrogen-bond acceptors (Lipinski definition) is 5. The van der Waals surface area contributed by atoms with E-state index in [1.807, 2.05) is 42.6 Å². The Hall–Kier alpha value is -1.53. The van der Waals surface area contributed by atoms with E-state index in [4.69, 9.17) is 0 Å². The summed E-state index contributed by atoms with van der Waals surface area (Å²) >= 11 is 3.33. The van der Waals surface area contributed by atoms with Crippen molar-refractivity contribution in [2.75, 3.05) is 30.1 Å². The number of carbonyl (C=O) groups is 1. The molecule has 0 radical (unpaired) electrons. The van der Waals surface area contributed by atoms with Gasteiger partial charge in [-0.3, -0.25) is 4.79 Å². The Morgan fingerprint density at radius 1 is 1.40 bits per heavy atom. The van der Waals surface area contributed by atoms with E-state index in [0.29, 0.717) is 5.75 Å². The molecule has 4 nitrogen and oxygen atoms in total. The molecule has 0 saturated carbocycles. The van der Waals surface area contributed by atoms with E-state index in [1.165, 1.54) is 4.88 Å². The van der Waals surface area contributed by atoms with Gasteiger partial charge in [0.25, 0.3) is 0 Å². The Balaban J connectivity index is 1.76. The number of anilines is 2. The number of carbonyl (C=O) groups excluding carboxylic acids is 1. The predicted molar refractivity (Wildman–Crippen MR) is 87.7 cm³/mol. The van der Waals surface area contributed by atoms with Gasteiger partial charge in [-0.15, -0.1) is 23.1 Å². The molecule has 0 aromatic carbocycles. The summed E-state index contributed by atoms with van der Waals surface area (Å²) in [7, 11) is 3.86. The highest BCUT2D eigenvalue weighted by Gasteiger charge is 2.04. The maximum atomic E-state index is 11.8. The van der Waals surface area contributed by atoms with Crippen LogP contribution >= 0.6 is 23.1 Å². The van der Waals surface area contributed by atoms with Crippen LogP contribution in [0.3, 0.4) is 0 Å². The molecule has 0 aliphatic rings. The number of hydrogen-bond donors (Lipinski definition) is 1. The highest BCUT2D eigenvalue weighted by molar-refractivity contribution is 7.99. The lowest BCUT2D eigenvalue weighted by molar-refractivity contribution is -0.113. The van der Waals surface area contributed by atoms with E-state index < -0.39 is 0 Å². The van der Waals surface area contributed by atoms with E-state index in [9.17, 15) is 4.79 Å². The second-order valence-electron chi connectivity index (χ2n) is 4.42. The minimum atomic E-state index is 0.00552. The topological polar surface area (TPSA) is 45.2 Å². The molecule has 0 unspecified atom stereocenters. The first-order chi connectivity index (χ1) is 9.65. The zero-order chi connectivity index (χ0) is 14.4. The summed E-state index contributed by atoms with van der Waals surface area (Å²) in [5.74, 6) is 2.21. The van der Waals surface area contributed by atoms with Crippen molar-refractivity contribution in [2.45, 2.75) is 5.75 Å². The van der Waals surface area contributed by atoms with Crippen LogP contribution in [0.2, 0.25) is 0 Å². The van der Waals surface area contributed by atoms with Crippen molar-refractivity contribution in [3.63, 3.8) is 0 Å².